The Labute approximate surface area is 91.1 Å². The van der Waals surface area contributed by atoms with Crippen LogP contribution in [0.4, 0.5) is 13.9 Å². The Morgan fingerprint density at radius 1 is 1.27 bits per heavy atom. The minimum absolute atomic E-state index is 0.0662. The highest BCUT2D eigenvalue weighted by Crippen LogP contribution is 2.36. The van der Waals surface area contributed by atoms with Gasteiger partial charge in [0.05, 0.1) is 13.1 Å². The molecule has 2 heterocycles. The second kappa shape index (κ2) is 3.10. The normalized spacial score (nSPS) is 20.2. The predicted octanol–water partition coefficient (Wildman–Crippen LogP) is 2.29. The van der Waals surface area contributed by atoms with Gasteiger partial charge in [-0.15, -0.1) is 10.2 Å². The van der Waals surface area contributed by atoms with Crippen molar-refractivity contribution in [2.45, 2.75) is 32.1 Å². The van der Waals surface area contributed by atoms with E-state index in [0.29, 0.717) is 5.13 Å². The van der Waals surface area contributed by atoms with Crippen molar-refractivity contribution in [2.24, 2.45) is 0 Å². The highest BCUT2D eigenvalue weighted by Gasteiger charge is 2.45. The molecule has 0 bridgehead atoms. The van der Waals surface area contributed by atoms with Gasteiger partial charge < -0.3 is 4.90 Å². The van der Waals surface area contributed by atoms with Crippen LogP contribution in [0.1, 0.15) is 25.8 Å². The van der Waals surface area contributed by atoms with Gasteiger partial charge in [0.1, 0.15) is 5.01 Å². The second-order valence-electron chi connectivity index (χ2n) is 4.85. The maximum absolute atomic E-state index is 12.6. The van der Waals surface area contributed by atoms with Gasteiger partial charge in [0.15, 0.2) is 0 Å². The summed E-state index contributed by atoms with van der Waals surface area (Å²) < 4.78 is 25.3. The fourth-order valence-electron chi connectivity index (χ4n) is 1.29. The number of nitrogens with zero attached hydrogens (tertiary/aromatic N) is 3. The first-order valence-corrected chi connectivity index (χ1v) is 5.56. The van der Waals surface area contributed by atoms with Gasteiger partial charge in [-0.25, -0.2) is 8.78 Å². The molecule has 15 heavy (non-hydrogen) atoms. The van der Waals surface area contributed by atoms with Gasteiger partial charge in [-0.3, -0.25) is 0 Å². The van der Waals surface area contributed by atoms with E-state index in [4.69, 9.17) is 0 Å². The molecule has 0 radical (unpaired) electrons. The van der Waals surface area contributed by atoms with Crippen molar-refractivity contribution in [3.8, 4) is 0 Å². The van der Waals surface area contributed by atoms with Gasteiger partial charge in [0, 0.05) is 5.41 Å². The lowest BCUT2D eigenvalue weighted by Crippen LogP contribution is -2.56. The Bertz CT molecular complexity index is 362. The summed E-state index contributed by atoms with van der Waals surface area (Å²) >= 11 is 1.39. The molecule has 3 nitrogen and oxygen atoms in total. The van der Waals surface area contributed by atoms with E-state index in [2.05, 4.69) is 10.2 Å². The first-order chi connectivity index (χ1) is 6.78. The van der Waals surface area contributed by atoms with E-state index < -0.39 is 5.92 Å². The minimum Gasteiger partial charge on any atom is -0.334 e. The number of hydrogen-bond acceptors (Lipinski definition) is 4. The zero-order valence-electron chi connectivity index (χ0n) is 8.92. The number of aromatic nitrogens is 2. The summed E-state index contributed by atoms with van der Waals surface area (Å²) in [6.07, 6.45) is 0. The Morgan fingerprint density at radius 3 is 2.27 bits per heavy atom. The molecule has 0 amide bonds. The summed E-state index contributed by atoms with van der Waals surface area (Å²) in [5.74, 6) is -2.55. The zero-order valence-corrected chi connectivity index (χ0v) is 9.74. The van der Waals surface area contributed by atoms with Crippen LogP contribution < -0.4 is 4.90 Å². The van der Waals surface area contributed by atoms with Gasteiger partial charge in [-0.2, -0.15) is 0 Å². The van der Waals surface area contributed by atoms with Crippen LogP contribution in [-0.4, -0.2) is 29.2 Å². The van der Waals surface area contributed by atoms with Crippen molar-refractivity contribution in [1.29, 1.82) is 0 Å². The molecule has 84 valence electrons. The molecule has 0 saturated carbocycles. The van der Waals surface area contributed by atoms with Crippen molar-refractivity contribution >= 4 is 16.5 Å². The van der Waals surface area contributed by atoms with Gasteiger partial charge in [-0.1, -0.05) is 32.1 Å². The Hall–Kier alpha value is -0.780. The lowest BCUT2D eigenvalue weighted by atomic mass is 9.98. The van der Waals surface area contributed by atoms with Crippen molar-refractivity contribution in [3.05, 3.63) is 5.01 Å². The molecular formula is C9H13F2N3S. The quantitative estimate of drug-likeness (QED) is 0.745. The van der Waals surface area contributed by atoms with Crippen molar-refractivity contribution < 1.29 is 8.78 Å². The molecule has 1 aliphatic heterocycles. The van der Waals surface area contributed by atoms with Gasteiger partial charge in [-0.05, 0) is 0 Å². The summed E-state index contributed by atoms with van der Waals surface area (Å²) in [6.45, 7) is 5.63. The summed E-state index contributed by atoms with van der Waals surface area (Å²) in [7, 11) is 0. The van der Waals surface area contributed by atoms with Gasteiger partial charge in [0.2, 0.25) is 5.13 Å². The third kappa shape index (κ3) is 2.09. The predicted molar refractivity (Wildman–Crippen MR) is 55.8 cm³/mol. The van der Waals surface area contributed by atoms with E-state index in [1.807, 2.05) is 20.8 Å². The number of alkyl halides is 2. The lowest BCUT2D eigenvalue weighted by molar-refractivity contribution is -0.0263. The maximum Gasteiger partial charge on any atom is 0.282 e. The van der Waals surface area contributed by atoms with Crippen molar-refractivity contribution in [3.63, 3.8) is 0 Å². The van der Waals surface area contributed by atoms with E-state index in [-0.39, 0.29) is 18.5 Å². The van der Waals surface area contributed by atoms with Crippen LogP contribution in [0, 0.1) is 0 Å². The van der Waals surface area contributed by atoms with Crippen LogP contribution >= 0.6 is 11.3 Å². The van der Waals surface area contributed by atoms with Crippen LogP contribution in [0.3, 0.4) is 0 Å². The molecular weight excluding hydrogens is 220 g/mol. The van der Waals surface area contributed by atoms with Crippen LogP contribution in [0.5, 0.6) is 0 Å². The van der Waals surface area contributed by atoms with Crippen molar-refractivity contribution in [2.75, 3.05) is 18.0 Å². The smallest absolute Gasteiger partial charge is 0.282 e. The highest BCUT2D eigenvalue weighted by molar-refractivity contribution is 7.15. The van der Waals surface area contributed by atoms with Crippen LogP contribution in [0.25, 0.3) is 0 Å². The number of anilines is 1. The summed E-state index contributed by atoms with van der Waals surface area (Å²) in [5, 5.41) is 9.44. The van der Waals surface area contributed by atoms with Gasteiger partial charge >= 0.3 is 0 Å². The summed E-state index contributed by atoms with van der Waals surface area (Å²) in [4.78, 5) is 1.56. The average Bonchev–Trinajstić information content (AvgIpc) is 2.45. The fourth-order valence-corrected chi connectivity index (χ4v) is 2.19. The van der Waals surface area contributed by atoms with E-state index in [1.54, 1.807) is 4.90 Å². The molecule has 0 atom stereocenters. The molecule has 0 spiro atoms. The van der Waals surface area contributed by atoms with Crippen LogP contribution in [-0.2, 0) is 5.41 Å². The molecule has 0 N–H and O–H groups in total. The first-order valence-electron chi connectivity index (χ1n) is 4.75. The third-order valence-corrected chi connectivity index (χ3v) is 3.58. The fraction of sp³-hybridized carbons (Fsp3) is 0.778. The molecule has 1 aromatic rings. The topological polar surface area (TPSA) is 29.0 Å². The molecule has 2 rings (SSSR count). The average molecular weight is 233 g/mol. The lowest BCUT2D eigenvalue weighted by Gasteiger charge is -2.38. The maximum atomic E-state index is 12.6. The monoisotopic (exact) mass is 233 g/mol. The molecule has 0 aliphatic carbocycles. The number of hydrogen-bond donors (Lipinski definition) is 0. The number of rotatable bonds is 1. The van der Waals surface area contributed by atoms with Gasteiger partial charge in [0.25, 0.3) is 5.92 Å². The van der Waals surface area contributed by atoms with E-state index in [1.165, 1.54) is 11.3 Å². The van der Waals surface area contributed by atoms with Crippen LogP contribution in [0.15, 0.2) is 0 Å². The van der Waals surface area contributed by atoms with Crippen LogP contribution in [0.2, 0.25) is 0 Å². The van der Waals surface area contributed by atoms with E-state index in [9.17, 15) is 8.78 Å². The Morgan fingerprint density at radius 2 is 1.87 bits per heavy atom. The summed E-state index contributed by atoms with van der Waals surface area (Å²) in [6, 6.07) is 0. The highest BCUT2D eigenvalue weighted by atomic mass is 32.1. The standard InChI is InChI=1S/C9H13F2N3S/c1-8(2,3)6-12-13-7(15-6)14-4-9(10,11)5-14/h4-5H2,1-3H3. The van der Waals surface area contributed by atoms with E-state index in [0.717, 1.165) is 5.01 Å². The van der Waals surface area contributed by atoms with Crippen molar-refractivity contribution in [1.82, 2.24) is 10.2 Å². The second-order valence-corrected chi connectivity index (χ2v) is 5.81. The first kappa shape index (κ1) is 10.7. The molecule has 1 aliphatic rings. The largest absolute Gasteiger partial charge is 0.334 e. The van der Waals surface area contributed by atoms with E-state index >= 15 is 0 Å². The molecule has 0 unspecified atom stereocenters. The molecule has 1 fully saturated rings. The molecule has 0 aromatic carbocycles. The minimum atomic E-state index is -2.55. The Balaban J connectivity index is 2.10. The molecule has 1 saturated heterocycles. The number of halogens is 2. The molecule has 6 heteroatoms. The molecule has 1 aromatic heterocycles. The summed E-state index contributed by atoms with van der Waals surface area (Å²) in [5.41, 5.74) is -0.0662. The third-order valence-electron chi connectivity index (χ3n) is 2.17. The zero-order chi connectivity index (χ0) is 11.3. The SMILES string of the molecule is CC(C)(C)c1nnc(N2CC(F)(F)C2)s1. The Kier molecular flexibility index (Phi) is 2.22.